The van der Waals surface area contributed by atoms with Crippen LogP contribution in [0.5, 0.6) is 0 Å². The number of rotatable bonds is 4. The number of hydrogen-bond donors (Lipinski definition) is 6. The van der Waals surface area contributed by atoms with Gasteiger partial charge in [-0.3, -0.25) is 0 Å². The van der Waals surface area contributed by atoms with Crippen LogP contribution in [0, 0.1) is 0 Å². The Morgan fingerprint density at radius 3 is 2.04 bits per heavy atom. The van der Waals surface area contributed by atoms with Crippen LogP contribution in [0.1, 0.15) is 6.92 Å². The molecule has 2 aliphatic heterocycles. The molecule has 0 aromatic rings. The van der Waals surface area contributed by atoms with Gasteiger partial charge in [-0.15, -0.1) is 0 Å². The van der Waals surface area contributed by atoms with Crippen molar-refractivity contribution in [1.82, 2.24) is 0 Å². The van der Waals surface area contributed by atoms with Crippen LogP contribution in [0.3, 0.4) is 0 Å². The maximum Gasteiger partial charge on any atom is 0.187 e. The van der Waals surface area contributed by atoms with Crippen molar-refractivity contribution in [3.63, 3.8) is 0 Å². The van der Waals surface area contributed by atoms with Gasteiger partial charge in [-0.05, 0) is 6.92 Å². The number of aliphatic hydroxyl groups is 6. The summed E-state index contributed by atoms with van der Waals surface area (Å²) in [6, 6.07) is 0. The Hall–Kier alpha value is -0.400. The molecule has 0 radical (unpaired) electrons. The highest BCUT2D eigenvalue weighted by Crippen LogP contribution is 2.28. The first kappa shape index (κ1) is 18.9. The molecule has 0 bridgehead atoms. The third-order valence-corrected chi connectivity index (χ3v) is 4.18. The van der Waals surface area contributed by atoms with E-state index in [9.17, 15) is 25.5 Å². The van der Waals surface area contributed by atoms with Crippen LogP contribution in [0.2, 0.25) is 0 Å². The molecule has 0 aromatic heterocycles. The van der Waals surface area contributed by atoms with Gasteiger partial charge in [0.2, 0.25) is 0 Å². The molecular formula is C13H24O10. The zero-order chi connectivity index (χ0) is 17.3. The lowest BCUT2D eigenvalue weighted by Gasteiger charge is -2.45. The molecule has 0 aliphatic carbocycles. The summed E-state index contributed by atoms with van der Waals surface area (Å²) >= 11 is 0. The molecule has 0 amide bonds. The quantitative estimate of drug-likeness (QED) is 0.300. The van der Waals surface area contributed by atoms with E-state index in [-0.39, 0.29) is 0 Å². The van der Waals surface area contributed by atoms with Crippen LogP contribution in [0.15, 0.2) is 0 Å². The Morgan fingerprint density at radius 2 is 1.48 bits per heavy atom. The van der Waals surface area contributed by atoms with Gasteiger partial charge in [-0.25, -0.2) is 0 Å². The second-order valence-corrected chi connectivity index (χ2v) is 5.72. The predicted octanol–water partition coefficient (Wildman–Crippen LogP) is -3.72. The van der Waals surface area contributed by atoms with E-state index in [0.29, 0.717) is 0 Å². The lowest BCUT2D eigenvalue weighted by atomic mass is 9.97. The molecule has 23 heavy (non-hydrogen) atoms. The SMILES string of the molecule is CO[C@H]1[C@@H](O)[C@H](O)[C@H](O[C@@H]2[C@@H](O)[C@@H](O)[C@@H](CO)O[C@H]2O)O[C@H]1C. The van der Waals surface area contributed by atoms with Crippen molar-refractivity contribution in [2.45, 2.75) is 68.3 Å². The van der Waals surface area contributed by atoms with E-state index in [1.54, 1.807) is 6.92 Å². The zero-order valence-corrected chi connectivity index (χ0v) is 12.8. The van der Waals surface area contributed by atoms with E-state index in [1.165, 1.54) is 7.11 Å². The van der Waals surface area contributed by atoms with Crippen molar-refractivity contribution >= 4 is 0 Å². The Bertz CT molecular complexity index is 382. The molecule has 2 rings (SSSR count). The summed E-state index contributed by atoms with van der Waals surface area (Å²) in [6.07, 6.45) is -12.9. The van der Waals surface area contributed by atoms with Crippen LogP contribution < -0.4 is 0 Å². The van der Waals surface area contributed by atoms with E-state index in [2.05, 4.69) is 0 Å². The third kappa shape index (κ3) is 3.66. The van der Waals surface area contributed by atoms with Crippen molar-refractivity contribution < 1.29 is 49.6 Å². The average molecular weight is 340 g/mol. The summed E-state index contributed by atoms with van der Waals surface area (Å²) in [7, 11) is 1.36. The fraction of sp³-hybridized carbons (Fsp3) is 1.00. The van der Waals surface area contributed by atoms with Gasteiger partial charge >= 0.3 is 0 Å². The topological polar surface area (TPSA) is 158 Å². The molecule has 2 aliphatic rings. The first-order valence-electron chi connectivity index (χ1n) is 7.32. The van der Waals surface area contributed by atoms with E-state index in [0.717, 1.165) is 0 Å². The summed E-state index contributed by atoms with van der Waals surface area (Å²) in [6.45, 7) is 0.996. The van der Waals surface area contributed by atoms with Gasteiger partial charge in [-0.2, -0.15) is 0 Å². The van der Waals surface area contributed by atoms with Crippen molar-refractivity contribution in [3.8, 4) is 0 Å². The van der Waals surface area contributed by atoms with E-state index >= 15 is 0 Å². The minimum absolute atomic E-state index is 0.601. The number of methoxy groups -OCH3 is 1. The van der Waals surface area contributed by atoms with Gasteiger partial charge in [-0.1, -0.05) is 0 Å². The zero-order valence-electron chi connectivity index (χ0n) is 12.8. The number of ether oxygens (including phenoxy) is 4. The summed E-state index contributed by atoms with van der Waals surface area (Å²) in [5.41, 5.74) is 0. The van der Waals surface area contributed by atoms with Gasteiger partial charge in [0, 0.05) is 7.11 Å². The molecule has 10 atom stereocenters. The Balaban J connectivity index is 2.06. The van der Waals surface area contributed by atoms with Crippen molar-refractivity contribution in [2.75, 3.05) is 13.7 Å². The second-order valence-electron chi connectivity index (χ2n) is 5.72. The molecule has 10 nitrogen and oxygen atoms in total. The first-order valence-corrected chi connectivity index (χ1v) is 7.32. The molecular weight excluding hydrogens is 316 g/mol. The highest BCUT2D eigenvalue weighted by atomic mass is 16.7. The number of hydrogen-bond acceptors (Lipinski definition) is 10. The summed E-state index contributed by atoms with van der Waals surface area (Å²) in [5.74, 6) is 0. The molecule has 2 saturated heterocycles. The van der Waals surface area contributed by atoms with Crippen molar-refractivity contribution in [1.29, 1.82) is 0 Å². The fourth-order valence-electron chi connectivity index (χ4n) is 2.82. The van der Waals surface area contributed by atoms with Crippen LogP contribution in [-0.2, 0) is 18.9 Å². The smallest absolute Gasteiger partial charge is 0.187 e. The van der Waals surface area contributed by atoms with Crippen molar-refractivity contribution in [2.24, 2.45) is 0 Å². The van der Waals surface area contributed by atoms with Gasteiger partial charge in [0.25, 0.3) is 0 Å². The minimum Gasteiger partial charge on any atom is -0.394 e. The summed E-state index contributed by atoms with van der Waals surface area (Å²) in [4.78, 5) is 0. The largest absolute Gasteiger partial charge is 0.394 e. The maximum absolute atomic E-state index is 10.0. The fourth-order valence-corrected chi connectivity index (χ4v) is 2.82. The van der Waals surface area contributed by atoms with Gasteiger partial charge in [0.15, 0.2) is 12.6 Å². The van der Waals surface area contributed by atoms with E-state index in [4.69, 9.17) is 24.1 Å². The van der Waals surface area contributed by atoms with Crippen LogP contribution >= 0.6 is 0 Å². The summed E-state index contributed by atoms with van der Waals surface area (Å²) < 4.78 is 20.7. The van der Waals surface area contributed by atoms with E-state index in [1.807, 2.05) is 0 Å². The molecule has 0 spiro atoms. The maximum atomic E-state index is 10.0. The van der Waals surface area contributed by atoms with Crippen LogP contribution in [-0.4, -0.2) is 106 Å². The Labute approximate surface area is 132 Å². The molecule has 2 heterocycles. The highest BCUT2D eigenvalue weighted by Gasteiger charge is 2.49. The molecule has 0 unspecified atom stereocenters. The van der Waals surface area contributed by atoms with Crippen LogP contribution in [0.4, 0.5) is 0 Å². The first-order chi connectivity index (χ1) is 10.8. The monoisotopic (exact) mass is 340 g/mol. The second kappa shape index (κ2) is 7.66. The Kier molecular flexibility index (Phi) is 6.30. The molecule has 0 aromatic carbocycles. The predicted molar refractivity (Wildman–Crippen MR) is 72.0 cm³/mol. The molecule has 0 saturated carbocycles. The normalized spacial score (nSPS) is 51.7. The highest BCUT2D eigenvalue weighted by molar-refractivity contribution is 4.92. The third-order valence-electron chi connectivity index (χ3n) is 4.18. The van der Waals surface area contributed by atoms with Crippen LogP contribution in [0.25, 0.3) is 0 Å². The lowest BCUT2D eigenvalue weighted by Crippen LogP contribution is -2.63. The molecule has 136 valence electrons. The molecule has 2 fully saturated rings. The molecule has 10 heteroatoms. The average Bonchev–Trinajstić information content (AvgIpc) is 2.52. The van der Waals surface area contributed by atoms with Gasteiger partial charge in [0.05, 0.1) is 12.7 Å². The number of aliphatic hydroxyl groups excluding tert-OH is 6. The standard InChI is InChI=1S/C13H24O10/c1-4-10(20-2)8(17)9(18)13(21-4)23-11-7(16)6(15)5(3-14)22-12(11)19/h4-19H,3H2,1-2H3/t4-,5+,6-,7-,8-,9-,10+,11+,12+,13-/m0/s1. The van der Waals surface area contributed by atoms with E-state index < -0.39 is 68.0 Å². The molecule has 6 N–H and O–H groups in total. The minimum atomic E-state index is -1.66. The Morgan fingerprint density at radius 1 is 0.870 bits per heavy atom. The summed E-state index contributed by atoms with van der Waals surface area (Å²) in [5, 5.41) is 58.7. The lowest BCUT2D eigenvalue weighted by molar-refractivity contribution is -0.359. The van der Waals surface area contributed by atoms with Gasteiger partial charge in [0.1, 0.15) is 42.7 Å². The van der Waals surface area contributed by atoms with Gasteiger partial charge < -0.3 is 49.6 Å². The van der Waals surface area contributed by atoms with Crippen molar-refractivity contribution in [3.05, 3.63) is 0 Å².